The largest absolute Gasteiger partial charge is 0.496 e. The Morgan fingerprint density at radius 3 is 2.65 bits per heavy atom. The predicted octanol–water partition coefficient (Wildman–Crippen LogP) is 2.27. The van der Waals surface area contributed by atoms with Crippen LogP contribution in [0.5, 0.6) is 5.75 Å². The van der Waals surface area contributed by atoms with Gasteiger partial charge in [-0.3, -0.25) is 4.98 Å². The van der Waals surface area contributed by atoms with Crippen molar-refractivity contribution < 1.29 is 9.47 Å². The Morgan fingerprint density at radius 1 is 1.35 bits per heavy atom. The molecule has 0 unspecified atom stereocenters. The number of rotatable bonds is 5. The minimum absolute atomic E-state index is 0.255. The average Bonchev–Trinajstić information content (AvgIpc) is 2.44. The maximum absolute atomic E-state index is 5.53. The lowest BCUT2D eigenvalue weighted by Gasteiger charge is -2.37. The van der Waals surface area contributed by atoms with E-state index < -0.39 is 0 Å². The third kappa shape index (κ3) is 3.13. The molecule has 0 amide bonds. The third-order valence-corrected chi connectivity index (χ3v) is 4.40. The number of hydrogen-bond acceptors (Lipinski definition) is 4. The van der Waals surface area contributed by atoms with Crippen molar-refractivity contribution in [3.05, 3.63) is 23.0 Å². The van der Waals surface area contributed by atoms with E-state index in [2.05, 4.69) is 17.2 Å². The van der Waals surface area contributed by atoms with Crippen LogP contribution in [0.25, 0.3) is 0 Å². The van der Waals surface area contributed by atoms with Gasteiger partial charge in [-0.05, 0) is 45.6 Å². The highest BCUT2D eigenvalue weighted by atomic mass is 16.5. The van der Waals surface area contributed by atoms with E-state index in [0.717, 1.165) is 56.0 Å². The Morgan fingerprint density at radius 2 is 2.05 bits per heavy atom. The van der Waals surface area contributed by atoms with Gasteiger partial charge in [0, 0.05) is 42.8 Å². The molecule has 0 atom stereocenters. The Kier molecular flexibility index (Phi) is 5.00. The molecule has 20 heavy (non-hydrogen) atoms. The number of pyridine rings is 1. The number of aryl methyl sites for hydroxylation is 1. The van der Waals surface area contributed by atoms with Gasteiger partial charge in [0.1, 0.15) is 5.75 Å². The van der Waals surface area contributed by atoms with Crippen LogP contribution in [-0.2, 0) is 11.2 Å². The fourth-order valence-electron chi connectivity index (χ4n) is 3.20. The molecule has 0 bridgehead atoms. The van der Waals surface area contributed by atoms with Gasteiger partial charge in [-0.15, -0.1) is 0 Å². The van der Waals surface area contributed by atoms with E-state index in [9.17, 15) is 0 Å². The molecule has 1 aromatic heterocycles. The molecular formula is C16H26N2O2. The van der Waals surface area contributed by atoms with Crippen molar-refractivity contribution in [2.45, 2.75) is 33.1 Å². The second-order valence-electron chi connectivity index (χ2n) is 5.87. The molecule has 0 radical (unpaired) electrons. The maximum atomic E-state index is 5.53. The first kappa shape index (κ1) is 15.3. The highest BCUT2D eigenvalue weighted by Crippen LogP contribution is 2.35. The highest BCUT2D eigenvalue weighted by Gasteiger charge is 2.33. The molecule has 1 aliphatic heterocycles. The maximum Gasteiger partial charge on any atom is 0.128 e. The van der Waals surface area contributed by atoms with E-state index in [4.69, 9.17) is 9.47 Å². The first-order valence-corrected chi connectivity index (χ1v) is 7.33. The summed E-state index contributed by atoms with van der Waals surface area (Å²) >= 11 is 0. The molecule has 4 nitrogen and oxygen atoms in total. The van der Waals surface area contributed by atoms with E-state index in [1.54, 1.807) is 7.11 Å². The van der Waals surface area contributed by atoms with Crippen molar-refractivity contribution in [3.63, 3.8) is 0 Å². The third-order valence-electron chi connectivity index (χ3n) is 4.40. The summed E-state index contributed by atoms with van der Waals surface area (Å²) in [6, 6.07) is 0. The van der Waals surface area contributed by atoms with Crippen molar-refractivity contribution >= 4 is 0 Å². The topological polar surface area (TPSA) is 43.4 Å². The molecule has 4 heteroatoms. The second kappa shape index (κ2) is 6.55. The lowest BCUT2D eigenvalue weighted by molar-refractivity contribution is 0.0153. The van der Waals surface area contributed by atoms with Gasteiger partial charge in [0.15, 0.2) is 0 Å². The minimum Gasteiger partial charge on any atom is -0.496 e. The van der Waals surface area contributed by atoms with E-state index in [1.165, 1.54) is 5.56 Å². The molecule has 1 saturated heterocycles. The molecule has 0 aliphatic carbocycles. The van der Waals surface area contributed by atoms with Crippen LogP contribution in [-0.4, -0.2) is 38.9 Å². The van der Waals surface area contributed by atoms with Crippen molar-refractivity contribution in [1.82, 2.24) is 10.3 Å². The quantitative estimate of drug-likeness (QED) is 0.897. The summed E-state index contributed by atoms with van der Waals surface area (Å²) < 4.78 is 11.0. The molecule has 1 aromatic rings. The number of hydrogen-bond donors (Lipinski definition) is 1. The average molecular weight is 278 g/mol. The highest BCUT2D eigenvalue weighted by molar-refractivity contribution is 5.41. The van der Waals surface area contributed by atoms with Crippen molar-refractivity contribution in [2.75, 3.05) is 33.9 Å². The smallest absolute Gasteiger partial charge is 0.128 e. The molecule has 2 rings (SSSR count). The predicted molar refractivity (Wildman–Crippen MR) is 80.4 cm³/mol. The summed E-state index contributed by atoms with van der Waals surface area (Å²) in [7, 11) is 3.75. The normalized spacial score (nSPS) is 18.0. The Hall–Kier alpha value is -1.13. The molecule has 0 saturated carbocycles. The van der Waals surface area contributed by atoms with Gasteiger partial charge in [0.25, 0.3) is 0 Å². The molecule has 2 heterocycles. The van der Waals surface area contributed by atoms with Crippen LogP contribution in [0.2, 0.25) is 0 Å². The van der Waals surface area contributed by atoms with E-state index in [1.807, 2.05) is 20.2 Å². The second-order valence-corrected chi connectivity index (χ2v) is 5.87. The van der Waals surface area contributed by atoms with E-state index in [-0.39, 0.29) is 5.41 Å². The zero-order valence-electron chi connectivity index (χ0n) is 13.1. The van der Waals surface area contributed by atoms with Crippen LogP contribution in [0, 0.1) is 19.3 Å². The molecule has 0 aromatic carbocycles. The zero-order valence-corrected chi connectivity index (χ0v) is 13.1. The fourth-order valence-corrected chi connectivity index (χ4v) is 3.20. The summed E-state index contributed by atoms with van der Waals surface area (Å²) in [6.45, 7) is 6.86. The van der Waals surface area contributed by atoms with Crippen LogP contribution in [0.3, 0.4) is 0 Å². The number of nitrogens with one attached hydrogen (secondary N) is 1. The summed E-state index contributed by atoms with van der Waals surface area (Å²) in [5, 5.41) is 3.34. The van der Waals surface area contributed by atoms with Crippen molar-refractivity contribution in [2.24, 2.45) is 5.41 Å². The lowest BCUT2D eigenvalue weighted by atomic mass is 9.75. The standard InChI is InChI=1S/C16H26N2O2/c1-12-10-18-14(13(2)15(12)19-4)9-16(11-17-3)5-7-20-8-6-16/h10,17H,5-9,11H2,1-4H3. The van der Waals surface area contributed by atoms with Gasteiger partial charge in [0.05, 0.1) is 7.11 Å². The first-order chi connectivity index (χ1) is 9.62. The van der Waals surface area contributed by atoms with Crippen LogP contribution >= 0.6 is 0 Å². The molecule has 112 valence electrons. The van der Waals surface area contributed by atoms with Crippen molar-refractivity contribution in [1.29, 1.82) is 0 Å². The monoisotopic (exact) mass is 278 g/mol. The number of ether oxygens (including phenoxy) is 2. The van der Waals surface area contributed by atoms with Gasteiger partial charge in [-0.1, -0.05) is 0 Å². The lowest BCUT2D eigenvalue weighted by Crippen LogP contribution is -2.40. The number of nitrogens with zero attached hydrogens (tertiary/aromatic N) is 1. The fraction of sp³-hybridized carbons (Fsp3) is 0.688. The summed E-state index contributed by atoms with van der Waals surface area (Å²) in [5.41, 5.74) is 3.69. The number of methoxy groups -OCH3 is 1. The van der Waals surface area contributed by atoms with Gasteiger partial charge < -0.3 is 14.8 Å². The van der Waals surface area contributed by atoms with Gasteiger partial charge in [0.2, 0.25) is 0 Å². The molecular weight excluding hydrogens is 252 g/mol. The van der Waals surface area contributed by atoms with Crippen LogP contribution in [0.4, 0.5) is 0 Å². The summed E-state index contributed by atoms with van der Waals surface area (Å²) in [6.07, 6.45) is 5.09. The summed E-state index contributed by atoms with van der Waals surface area (Å²) in [4.78, 5) is 4.66. The number of aromatic nitrogens is 1. The Balaban J connectivity index is 2.26. The van der Waals surface area contributed by atoms with Crippen LogP contribution < -0.4 is 10.1 Å². The Labute approximate surface area is 121 Å². The minimum atomic E-state index is 0.255. The summed E-state index contributed by atoms with van der Waals surface area (Å²) in [5.74, 6) is 0.974. The van der Waals surface area contributed by atoms with E-state index >= 15 is 0 Å². The van der Waals surface area contributed by atoms with Gasteiger partial charge in [-0.2, -0.15) is 0 Å². The SMILES string of the molecule is CNCC1(Cc2ncc(C)c(OC)c2C)CCOCC1. The first-order valence-electron chi connectivity index (χ1n) is 7.33. The zero-order chi connectivity index (χ0) is 14.6. The molecule has 0 spiro atoms. The molecule has 1 fully saturated rings. The van der Waals surface area contributed by atoms with E-state index in [0.29, 0.717) is 0 Å². The van der Waals surface area contributed by atoms with Gasteiger partial charge in [-0.25, -0.2) is 0 Å². The van der Waals surface area contributed by atoms with Gasteiger partial charge >= 0.3 is 0 Å². The van der Waals surface area contributed by atoms with Crippen LogP contribution in [0.15, 0.2) is 6.20 Å². The molecule has 1 N–H and O–H groups in total. The Bertz CT molecular complexity index is 449. The van der Waals surface area contributed by atoms with Crippen LogP contribution in [0.1, 0.15) is 29.7 Å². The molecule has 1 aliphatic rings. The van der Waals surface area contributed by atoms with Crippen molar-refractivity contribution in [3.8, 4) is 5.75 Å².